The minimum atomic E-state index is -0.781. The summed E-state index contributed by atoms with van der Waals surface area (Å²) in [5.41, 5.74) is 0.255. The van der Waals surface area contributed by atoms with Crippen molar-refractivity contribution in [2.75, 3.05) is 0 Å². The van der Waals surface area contributed by atoms with Crippen LogP contribution in [0.15, 0.2) is 30.3 Å². The predicted octanol–water partition coefficient (Wildman–Crippen LogP) is 3.20. The summed E-state index contributed by atoms with van der Waals surface area (Å²) in [5, 5.41) is 11.8. The van der Waals surface area contributed by atoms with E-state index in [2.05, 4.69) is 0 Å². The lowest BCUT2D eigenvalue weighted by atomic mass is 10.0. The Morgan fingerprint density at radius 2 is 1.87 bits per heavy atom. The van der Waals surface area contributed by atoms with Crippen LogP contribution in [0.2, 0.25) is 0 Å². The highest BCUT2D eigenvalue weighted by atomic mass is 19.1. The van der Waals surface area contributed by atoms with E-state index in [1.165, 1.54) is 6.07 Å². The maximum absolute atomic E-state index is 13.4. The first kappa shape index (κ1) is 9.58. The van der Waals surface area contributed by atoms with Crippen LogP contribution in [0, 0.1) is 22.9 Å². The highest BCUT2D eigenvalue weighted by Gasteiger charge is 2.19. The molecule has 0 saturated heterocycles. The van der Waals surface area contributed by atoms with E-state index in [0.29, 0.717) is 16.3 Å². The molecule has 0 unspecified atom stereocenters. The first-order valence-corrected chi connectivity index (χ1v) is 4.43. The van der Waals surface area contributed by atoms with Gasteiger partial charge in [-0.25, -0.2) is 0 Å². The summed E-state index contributed by atoms with van der Waals surface area (Å²) in [7, 11) is 0. The lowest BCUT2D eigenvalue weighted by Crippen LogP contribution is -1.95. The van der Waals surface area contributed by atoms with Crippen LogP contribution in [-0.4, -0.2) is 4.92 Å². The standard InChI is InChI=1S/C11H8FNO2/c1-7-6-10(12)11(13(14)15)9-5-3-2-4-8(7)9/h2-6H,1H3. The van der Waals surface area contributed by atoms with Gasteiger partial charge in [0.1, 0.15) is 0 Å². The second kappa shape index (κ2) is 3.31. The van der Waals surface area contributed by atoms with E-state index >= 15 is 0 Å². The first-order valence-electron chi connectivity index (χ1n) is 4.43. The van der Waals surface area contributed by atoms with Crippen LogP contribution in [-0.2, 0) is 0 Å². The average molecular weight is 205 g/mol. The monoisotopic (exact) mass is 205 g/mol. The molecule has 0 aromatic heterocycles. The van der Waals surface area contributed by atoms with Gasteiger partial charge in [0, 0.05) is 0 Å². The van der Waals surface area contributed by atoms with Crippen LogP contribution in [0.1, 0.15) is 5.56 Å². The molecule has 76 valence electrons. The molecule has 0 aliphatic rings. The average Bonchev–Trinajstić information content (AvgIpc) is 2.17. The van der Waals surface area contributed by atoms with Gasteiger partial charge >= 0.3 is 5.69 Å². The molecule has 0 N–H and O–H groups in total. The molecule has 3 nitrogen and oxygen atoms in total. The van der Waals surface area contributed by atoms with Crippen molar-refractivity contribution in [3.8, 4) is 0 Å². The van der Waals surface area contributed by atoms with Gasteiger partial charge < -0.3 is 0 Å². The van der Waals surface area contributed by atoms with E-state index in [-0.39, 0.29) is 0 Å². The van der Waals surface area contributed by atoms with Crippen molar-refractivity contribution in [2.45, 2.75) is 6.92 Å². The molecule has 0 saturated carbocycles. The fourth-order valence-electron chi connectivity index (χ4n) is 1.68. The number of nitro benzene ring substituents is 1. The maximum atomic E-state index is 13.4. The molecule has 0 heterocycles. The Balaban J connectivity index is 2.96. The topological polar surface area (TPSA) is 43.1 Å². The number of rotatable bonds is 1. The molecule has 0 aliphatic carbocycles. The Labute approximate surface area is 85.3 Å². The number of nitrogens with zero attached hydrogens (tertiary/aromatic N) is 1. The van der Waals surface area contributed by atoms with Gasteiger partial charge in [-0.15, -0.1) is 0 Å². The number of nitro groups is 1. The first-order chi connectivity index (χ1) is 7.11. The summed E-state index contributed by atoms with van der Waals surface area (Å²) in [4.78, 5) is 10.0. The maximum Gasteiger partial charge on any atom is 0.312 e. The summed E-state index contributed by atoms with van der Waals surface area (Å²) >= 11 is 0. The molecule has 0 bridgehead atoms. The summed E-state index contributed by atoms with van der Waals surface area (Å²) in [6.45, 7) is 1.73. The molecule has 0 spiro atoms. The van der Waals surface area contributed by atoms with Crippen molar-refractivity contribution < 1.29 is 9.31 Å². The van der Waals surface area contributed by atoms with Crippen LogP contribution in [0.4, 0.5) is 10.1 Å². The van der Waals surface area contributed by atoms with Crippen LogP contribution in [0.5, 0.6) is 0 Å². The molecule has 0 aliphatic heterocycles. The normalized spacial score (nSPS) is 10.5. The Kier molecular flexibility index (Phi) is 2.11. The molecule has 0 radical (unpaired) electrons. The predicted molar refractivity (Wildman–Crippen MR) is 55.3 cm³/mol. The van der Waals surface area contributed by atoms with Crippen molar-refractivity contribution in [3.05, 3.63) is 51.8 Å². The van der Waals surface area contributed by atoms with Gasteiger partial charge in [-0.1, -0.05) is 18.2 Å². The van der Waals surface area contributed by atoms with Crippen LogP contribution < -0.4 is 0 Å². The van der Waals surface area contributed by atoms with Gasteiger partial charge in [0.2, 0.25) is 5.82 Å². The zero-order valence-corrected chi connectivity index (χ0v) is 8.03. The second-order valence-corrected chi connectivity index (χ2v) is 3.33. The van der Waals surface area contributed by atoms with Crippen molar-refractivity contribution in [1.29, 1.82) is 0 Å². The van der Waals surface area contributed by atoms with E-state index < -0.39 is 16.4 Å². The SMILES string of the molecule is Cc1cc(F)c([N+](=O)[O-])c2ccccc12. The summed E-state index contributed by atoms with van der Waals surface area (Å²) in [5.74, 6) is -0.781. The molecule has 2 aromatic rings. The van der Waals surface area contributed by atoms with Crippen molar-refractivity contribution in [3.63, 3.8) is 0 Å². The van der Waals surface area contributed by atoms with Gasteiger partial charge in [0.05, 0.1) is 10.3 Å². The number of hydrogen-bond acceptors (Lipinski definition) is 2. The van der Waals surface area contributed by atoms with E-state index in [9.17, 15) is 14.5 Å². The largest absolute Gasteiger partial charge is 0.312 e. The highest BCUT2D eigenvalue weighted by molar-refractivity contribution is 5.93. The fraction of sp³-hybridized carbons (Fsp3) is 0.0909. The number of halogens is 1. The van der Waals surface area contributed by atoms with Gasteiger partial charge in [0.15, 0.2) is 0 Å². The van der Waals surface area contributed by atoms with Crippen LogP contribution >= 0.6 is 0 Å². The van der Waals surface area contributed by atoms with Crippen LogP contribution in [0.3, 0.4) is 0 Å². The fourth-order valence-corrected chi connectivity index (χ4v) is 1.68. The van der Waals surface area contributed by atoms with Crippen molar-refractivity contribution in [1.82, 2.24) is 0 Å². The Bertz CT molecular complexity index is 552. The molecular weight excluding hydrogens is 197 g/mol. The molecular formula is C11H8FNO2. The van der Waals surface area contributed by atoms with Crippen molar-refractivity contribution in [2.24, 2.45) is 0 Å². The van der Waals surface area contributed by atoms with Gasteiger partial charge in [-0.05, 0) is 30.0 Å². The number of hydrogen-bond donors (Lipinski definition) is 0. The molecule has 4 heteroatoms. The Morgan fingerprint density at radius 3 is 2.47 bits per heavy atom. The Hall–Kier alpha value is -1.97. The molecule has 15 heavy (non-hydrogen) atoms. The van der Waals surface area contributed by atoms with Crippen molar-refractivity contribution >= 4 is 16.5 Å². The lowest BCUT2D eigenvalue weighted by Gasteiger charge is -2.03. The van der Waals surface area contributed by atoms with Gasteiger partial charge in [-0.2, -0.15) is 4.39 Å². The third-order valence-corrected chi connectivity index (χ3v) is 2.36. The summed E-state index contributed by atoms with van der Waals surface area (Å²) in [6.07, 6.45) is 0. The zero-order chi connectivity index (χ0) is 11.0. The number of benzene rings is 2. The van der Waals surface area contributed by atoms with E-state index in [1.807, 2.05) is 0 Å². The van der Waals surface area contributed by atoms with Gasteiger partial charge in [0.25, 0.3) is 0 Å². The molecule has 0 atom stereocenters. The van der Waals surface area contributed by atoms with E-state index in [1.54, 1.807) is 31.2 Å². The third-order valence-electron chi connectivity index (χ3n) is 2.36. The molecule has 0 fully saturated rings. The summed E-state index contributed by atoms with van der Waals surface area (Å²) in [6, 6.07) is 7.94. The second-order valence-electron chi connectivity index (χ2n) is 3.33. The minimum Gasteiger partial charge on any atom is -0.258 e. The zero-order valence-electron chi connectivity index (χ0n) is 8.03. The van der Waals surface area contributed by atoms with Crippen LogP contribution in [0.25, 0.3) is 10.8 Å². The summed E-state index contributed by atoms with van der Waals surface area (Å²) < 4.78 is 13.4. The third kappa shape index (κ3) is 1.44. The number of fused-ring (bicyclic) bond motifs is 1. The van der Waals surface area contributed by atoms with E-state index in [4.69, 9.17) is 0 Å². The van der Waals surface area contributed by atoms with Gasteiger partial charge in [-0.3, -0.25) is 10.1 Å². The molecule has 2 aromatic carbocycles. The van der Waals surface area contributed by atoms with E-state index in [0.717, 1.165) is 0 Å². The molecule has 0 amide bonds. The smallest absolute Gasteiger partial charge is 0.258 e. The minimum absolute atomic E-state index is 0.347. The highest BCUT2D eigenvalue weighted by Crippen LogP contribution is 2.30. The number of aryl methyl sites for hydroxylation is 1. The molecule has 2 rings (SSSR count). The lowest BCUT2D eigenvalue weighted by molar-refractivity contribution is -0.385. The Morgan fingerprint density at radius 1 is 1.27 bits per heavy atom. The quantitative estimate of drug-likeness (QED) is 0.530.